The van der Waals surface area contributed by atoms with Crippen LogP contribution in [0.5, 0.6) is 0 Å². The lowest BCUT2D eigenvalue weighted by atomic mass is 9.98. The first-order valence-electron chi connectivity index (χ1n) is 7.36. The molecule has 1 aliphatic rings. The molecule has 3 unspecified atom stereocenters. The molecule has 2 heteroatoms. The van der Waals surface area contributed by atoms with Gasteiger partial charge >= 0.3 is 0 Å². The Kier molecular flexibility index (Phi) is 5.21. The zero-order chi connectivity index (χ0) is 12.8. The normalized spacial score (nSPS) is 25.2. The van der Waals surface area contributed by atoms with Gasteiger partial charge in [0.05, 0.1) is 0 Å². The first-order chi connectivity index (χ1) is 8.85. The third-order valence-electron chi connectivity index (χ3n) is 4.16. The second-order valence-electron chi connectivity index (χ2n) is 5.45. The Morgan fingerprint density at radius 1 is 1.28 bits per heavy atom. The van der Waals surface area contributed by atoms with E-state index in [0.717, 1.165) is 6.54 Å². The van der Waals surface area contributed by atoms with Crippen LogP contribution in [0.2, 0.25) is 0 Å². The van der Waals surface area contributed by atoms with Gasteiger partial charge in [-0.05, 0) is 37.3 Å². The van der Waals surface area contributed by atoms with Crippen molar-refractivity contribution in [1.82, 2.24) is 5.32 Å². The van der Waals surface area contributed by atoms with E-state index in [-0.39, 0.29) is 0 Å². The van der Waals surface area contributed by atoms with E-state index in [9.17, 15) is 0 Å². The van der Waals surface area contributed by atoms with Crippen LogP contribution in [0.3, 0.4) is 0 Å². The monoisotopic (exact) mass is 246 g/mol. The lowest BCUT2D eigenvalue weighted by Gasteiger charge is -2.27. The summed E-state index contributed by atoms with van der Waals surface area (Å²) in [4.78, 5) is 0. The summed E-state index contributed by atoms with van der Waals surface area (Å²) in [5.41, 5.74) is 7.29. The van der Waals surface area contributed by atoms with Crippen LogP contribution in [0.1, 0.15) is 50.6 Å². The molecule has 18 heavy (non-hydrogen) atoms. The Hall–Kier alpha value is -0.860. The fraction of sp³-hybridized carbons (Fsp3) is 0.625. The summed E-state index contributed by atoms with van der Waals surface area (Å²) in [5, 5.41) is 3.85. The van der Waals surface area contributed by atoms with Crippen molar-refractivity contribution in [3.63, 3.8) is 0 Å². The molecule has 0 radical (unpaired) electrons. The number of hydrogen-bond donors (Lipinski definition) is 2. The molecule has 100 valence electrons. The first-order valence-corrected chi connectivity index (χ1v) is 7.36. The molecule has 1 aromatic rings. The summed E-state index contributed by atoms with van der Waals surface area (Å²) in [6.07, 6.45) is 6.33. The minimum absolute atomic E-state index is 0.494. The van der Waals surface area contributed by atoms with Crippen molar-refractivity contribution < 1.29 is 0 Å². The van der Waals surface area contributed by atoms with E-state index in [0.29, 0.717) is 18.0 Å². The summed E-state index contributed by atoms with van der Waals surface area (Å²) >= 11 is 0. The molecule has 0 saturated heterocycles. The Morgan fingerprint density at radius 3 is 2.72 bits per heavy atom. The van der Waals surface area contributed by atoms with Gasteiger partial charge in [0, 0.05) is 12.1 Å². The topological polar surface area (TPSA) is 38.0 Å². The second-order valence-corrected chi connectivity index (χ2v) is 5.45. The number of nitrogens with one attached hydrogen (secondary N) is 1. The van der Waals surface area contributed by atoms with Gasteiger partial charge in [-0.3, -0.25) is 0 Å². The molecule has 0 spiro atoms. The molecule has 0 heterocycles. The standard InChI is InChI=1S/C16H26N2/c1-2-7-15(13-8-4-3-5-9-13)18-16-11-6-10-14(16)12-17/h3-5,8-9,14-16,18H,2,6-7,10-12,17H2,1H3. The summed E-state index contributed by atoms with van der Waals surface area (Å²) in [6, 6.07) is 11.9. The second kappa shape index (κ2) is 6.91. The molecule has 0 bridgehead atoms. The maximum absolute atomic E-state index is 5.87. The molecule has 1 aliphatic carbocycles. The molecule has 1 saturated carbocycles. The highest BCUT2D eigenvalue weighted by Crippen LogP contribution is 2.28. The summed E-state index contributed by atoms with van der Waals surface area (Å²) in [5.74, 6) is 0.674. The molecule has 1 aromatic carbocycles. The van der Waals surface area contributed by atoms with Crippen LogP contribution in [-0.4, -0.2) is 12.6 Å². The average molecular weight is 246 g/mol. The van der Waals surface area contributed by atoms with Crippen molar-refractivity contribution >= 4 is 0 Å². The molecule has 3 atom stereocenters. The van der Waals surface area contributed by atoms with E-state index in [1.54, 1.807) is 0 Å². The maximum Gasteiger partial charge on any atom is 0.0322 e. The van der Waals surface area contributed by atoms with E-state index in [2.05, 4.69) is 42.6 Å². The van der Waals surface area contributed by atoms with Crippen LogP contribution in [0.15, 0.2) is 30.3 Å². The molecule has 2 rings (SSSR count). The highest BCUT2D eigenvalue weighted by atomic mass is 15.0. The molecular weight excluding hydrogens is 220 g/mol. The lowest BCUT2D eigenvalue weighted by molar-refractivity contribution is 0.350. The zero-order valence-corrected chi connectivity index (χ0v) is 11.4. The molecule has 0 aromatic heterocycles. The van der Waals surface area contributed by atoms with Gasteiger partial charge in [-0.15, -0.1) is 0 Å². The number of rotatable bonds is 6. The van der Waals surface area contributed by atoms with E-state index in [1.165, 1.54) is 37.7 Å². The van der Waals surface area contributed by atoms with Gasteiger partial charge in [0.25, 0.3) is 0 Å². The van der Waals surface area contributed by atoms with Gasteiger partial charge in [0.1, 0.15) is 0 Å². The van der Waals surface area contributed by atoms with Crippen molar-refractivity contribution in [2.45, 2.75) is 51.1 Å². The summed E-state index contributed by atoms with van der Waals surface area (Å²) in [7, 11) is 0. The minimum atomic E-state index is 0.494. The maximum atomic E-state index is 5.87. The highest BCUT2D eigenvalue weighted by molar-refractivity contribution is 5.19. The van der Waals surface area contributed by atoms with Gasteiger partial charge in [-0.2, -0.15) is 0 Å². The van der Waals surface area contributed by atoms with Gasteiger partial charge < -0.3 is 11.1 Å². The Labute approximate surface area is 111 Å². The molecule has 2 nitrogen and oxygen atoms in total. The number of benzene rings is 1. The number of hydrogen-bond acceptors (Lipinski definition) is 2. The zero-order valence-electron chi connectivity index (χ0n) is 11.4. The molecule has 3 N–H and O–H groups in total. The third-order valence-corrected chi connectivity index (χ3v) is 4.16. The van der Waals surface area contributed by atoms with Gasteiger partial charge in [0.15, 0.2) is 0 Å². The largest absolute Gasteiger partial charge is 0.330 e. The van der Waals surface area contributed by atoms with Crippen molar-refractivity contribution in [2.75, 3.05) is 6.54 Å². The average Bonchev–Trinajstić information content (AvgIpc) is 2.86. The molecular formula is C16H26N2. The molecule has 1 fully saturated rings. The van der Waals surface area contributed by atoms with E-state index in [1.807, 2.05) is 0 Å². The summed E-state index contributed by atoms with van der Waals surface area (Å²) in [6.45, 7) is 3.08. The fourth-order valence-corrected chi connectivity index (χ4v) is 3.12. The van der Waals surface area contributed by atoms with Crippen LogP contribution >= 0.6 is 0 Å². The van der Waals surface area contributed by atoms with Crippen molar-refractivity contribution in [2.24, 2.45) is 11.7 Å². The van der Waals surface area contributed by atoms with Gasteiger partial charge in [-0.25, -0.2) is 0 Å². The van der Waals surface area contributed by atoms with E-state index < -0.39 is 0 Å². The van der Waals surface area contributed by atoms with Gasteiger partial charge in [-0.1, -0.05) is 50.1 Å². The lowest BCUT2D eigenvalue weighted by Crippen LogP contribution is -2.38. The van der Waals surface area contributed by atoms with Gasteiger partial charge in [0.2, 0.25) is 0 Å². The van der Waals surface area contributed by atoms with Crippen LogP contribution in [-0.2, 0) is 0 Å². The molecule has 0 aliphatic heterocycles. The number of nitrogens with two attached hydrogens (primary N) is 1. The van der Waals surface area contributed by atoms with Crippen LogP contribution < -0.4 is 11.1 Å². The summed E-state index contributed by atoms with van der Waals surface area (Å²) < 4.78 is 0. The highest BCUT2D eigenvalue weighted by Gasteiger charge is 2.27. The fourth-order valence-electron chi connectivity index (χ4n) is 3.12. The minimum Gasteiger partial charge on any atom is -0.330 e. The predicted octanol–water partition coefficient (Wildman–Crippen LogP) is 3.24. The van der Waals surface area contributed by atoms with E-state index >= 15 is 0 Å². The van der Waals surface area contributed by atoms with Crippen LogP contribution in [0.25, 0.3) is 0 Å². The quantitative estimate of drug-likeness (QED) is 0.808. The first kappa shape index (κ1) is 13.6. The Balaban J connectivity index is 2.02. The molecule has 0 amide bonds. The van der Waals surface area contributed by atoms with Crippen LogP contribution in [0.4, 0.5) is 0 Å². The Bertz CT molecular complexity index is 336. The third kappa shape index (κ3) is 3.33. The van der Waals surface area contributed by atoms with Crippen molar-refractivity contribution in [3.8, 4) is 0 Å². The smallest absolute Gasteiger partial charge is 0.0322 e. The van der Waals surface area contributed by atoms with Crippen LogP contribution in [0, 0.1) is 5.92 Å². The van der Waals surface area contributed by atoms with Crippen molar-refractivity contribution in [1.29, 1.82) is 0 Å². The van der Waals surface area contributed by atoms with Crippen molar-refractivity contribution in [3.05, 3.63) is 35.9 Å². The SMILES string of the molecule is CCCC(NC1CCCC1CN)c1ccccc1. The predicted molar refractivity (Wildman–Crippen MR) is 77.4 cm³/mol. The van der Waals surface area contributed by atoms with E-state index in [4.69, 9.17) is 5.73 Å². The Morgan fingerprint density at radius 2 is 2.06 bits per heavy atom.